The average molecular weight is 250 g/mol. The second-order valence-electron chi connectivity index (χ2n) is 4.78. The van der Waals surface area contributed by atoms with Crippen molar-refractivity contribution in [2.24, 2.45) is 5.92 Å². The lowest BCUT2D eigenvalue weighted by molar-refractivity contribution is -0.141. The molecule has 2 atom stereocenters. The van der Waals surface area contributed by atoms with E-state index < -0.39 is 5.60 Å². The van der Waals surface area contributed by atoms with Crippen LogP contribution in [0, 0.1) is 5.92 Å². The van der Waals surface area contributed by atoms with Gasteiger partial charge in [0.1, 0.15) is 18.0 Å². The number of hydrogen-bond acceptors (Lipinski definition) is 4. The average Bonchev–Trinajstić information content (AvgIpc) is 2.66. The highest BCUT2D eigenvalue weighted by atomic mass is 16.6. The summed E-state index contributed by atoms with van der Waals surface area (Å²) in [7, 11) is 1.63. The summed E-state index contributed by atoms with van der Waals surface area (Å²) in [5.41, 5.74) is 0.514. The number of rotatable bonds is 4. The summed E-state index contributed by atoms with van der Waals surface area (Å²) >= 11 is 0. The van der Waals surface area contributed by atoms with Crippen molar-refractivity contribution >= 4 is 5.97 Å². The van der Waals surface area contributed by atoms with Crippen LogP contribution in [-0.4, -0.2) is 25.3 Å². The lowest BCUT2D eigenvalue weighted by atomic mass is 9.94. The van der Waals surface area contributed by atoms with Gasteiger partial charge in [0.2, 0.25) is 0 Å². The van der Waals surface area contributed by atoms with E-state index in [1.54, 1.807) is 7.11 Å². The molecule has 2 rings (SSSR count). The zero-order chi connectivity index (χ0) is 13.2. The maximum atomic E-state index is 11.4. The fourth-order valence-electron chi connectivity index (χ4n) is 1.85. The van der Waals surface area contributed by atoms with E-state index in [4.69, 9.17) is 14.2 Å². The van der Waals surface area contributed by atoms with Crippen molar-refractivity contribution in [2.45, 2.75) is 26.1 Å². The maximum absolute atomic E-state index is 11.4. The van der Waals surface area contributed by atoms with Gasteiger partial charge in [-0.1, -0.05) is 12.1 Å². The van der Waals surface area contributed by atoms with Gasteiger partial charge in [0.05, 0.1) is 19.6 Å². The van der Waals surface area contributed by atoms with Gasteiger partial charge in [-0.3, -0.25) is 4.79 Å². The minimum absolute atomic E-state index is 0.188. The molecule has 4 nitrogen and oxygen atoms in total. The number of carbonyl (C=O) groups excluding carboxylic acids is 1. The standard InChI is InChI=1S/C14H18O4/c1-10-13(15)17-9-14(10,2)18-8-11-4-6-12(16-3)7-5-11/h4-7,10H,8-9H2,1-3H3/t10-,14-/m1/s1. The molecule has 1 aliphatic rings. The molecular weight excluding hydrogens is 232 g/mol. The Morgan fingerprint density at radius 1 is 1.39 bits per heavy atom. The molecule has 0 amide bonds. The molecule has 18 heavy (non-hydrogen) atoms. The first-order chi connectivity index (χ1) is 8.55. The number of cyclic esters (lactones) is 1. The summed E-state index contributed by atoms with van der Waals surface area (Å²) in [6, 6.07) is 7.68. The molecule has 1 aromatic rings. The van der Waals surface area contributed by atoms with E-state index in [2.05, 4.69) is 0 Å². The van der Waals surface area contributed by atoms with Gasteiger partial charge in [-0.15, -0.1) is 0 Å². The van der Waals surface area contributed by atoms with E-state index in [1.807, 2.05) is 38.1 Å². The Hall–Kier alpha value is -1.55. The van der Waals surface area contributed by atoms with Gasteiger partial charge in [-0.25, -0.2) is 0 Å². The van der Waals surface area contributed by atoms with E-state index >= 15 is 0 Å². The van der Waals surface area contributed by atoms with Crippen LogP contribution < -0.4 is 4.74 Å². The minimum atomic E-state index is -0.531. The molecule has 1 saturated heterocycles. The van der Waals surface area contributed by atoms with Gasteiger partial charge in [-0.05, 0) is 31.5 Å². The molecule has 0 aromatic heterocycles. The van der Waals surface area contributed by atoms with Crippen LogP contribution in [0.25, 0.3) is 0 Å². The van der Waals surface area contributed by atoms with Crippen molar-refractivity contribution in [1.29, 1.82) is 0 Å². The maximum Gasteiger partial charge on any atom is 0.311 e. The number of esters is 1. The van der Waals surface area contributed by atoms with Gasteiger partial charge < -0.3 is 14.2 Å². The molecule has 1 aromatic carbocycles. The molecule has 98 valence electrons. The second-order valence-corrected chi connectivity index (χ2v) is 4.78. The molecule has 1 aliphatic heterocycles. The third kappa shape index (κ3) is 2.48. The Morgan fingerprint density at radius 2 is 2.06 bits per heavy atom. The van der Waals surface area contributed by atoms with E-state index in [1.165, 1.54) is 0 Å². The minimum Gasteiger partial charge on any atom is -0.497 e. The van der Waals surface area contributed by atoms with Crippen molar-refractivity contribution in [1.82, 2.24) is 0 Å². The highest BCUT2D eigenvalue weighted by Gasteiger charge is 2.45. The Morgan fingerprint density at radius 3 is 2.56 bits per heavy atom. The topological polar surface area (TPSA) is 44.8 Å². The molecule has 1 heterocycles. The molecule has 0 N–H and O–H groups in total. The summed E-state index contributed by atoms with van der Waals surface area (Å²) in [4.78, 5) is 11.4. The summed E-state index contributed by atoms with van der Waals surface area (Å²) in [6.45, 7) is 4.53. The monoisotopic (exact) mass is 250 g/mol. The lowest BCUT2D eigenvalue weighted by Gasteiger charge is -2.25. The van der Waals surface area contributed by atoms with E-state index in [9.17, 15) is 4.79 Å². The fraction of sp³-hybridized carbons (Fsp3) is 0.500. The quantitative estimate of drug-likeness (QED) is 0.768. The van der Waals surface area contributed by atoms with Crippen LogP contribution in [0.5, 0.6) is 5.75 Å². The highest BCUT2D eigenvalue weighted by molar-refractivity contribution is 5.75. The van der Waals surface area contributed by atoms with E-state index in [-0.39, 0.29) is 11.9 Å². The first-order valence-electron chi connectivity index (χ1n) is 5.99. The molecular formula is C14H18O4. The molecule has 4 heteroatoms. The van der Waals surface area contributed by atoms with Gasteiger partial charge in [0, 0.05) is 0 Å². The van der Waals surface area contributed by atoms with Gasteiger partial charge in [0.15, 0.2) is 0 Å². The van der Waals surface area contributed by atoms with Crippen molar-refractivity contribution < 1.29 is 19.0 Å². The number of carbonyl (C=O) groups is 1. The van der Waals surface area contributed by atoms with E-state index in [0.29, 0.717) is 13.2 Å². The zero-order valence-corrected chi connectivity index (χ0v) is 10.9. The molecule has 1 fully saturated rings. The molecule has 0 bridgehead atoms. The zero-order valence-electron chi connectivity index (χ0n) is 10.9. The van der Waals surface area contributed by atoms with Gasteiger partial charge in [0.25, 0.3) is 0 Å². The fourth-order valence-corrected chi connectivity index (χ4v) is 1.85. The van der Waals surface area contributed by atoms with Crippen LogP contribution in [-0.2, 0) is 20.9 Å². The summed E-state index contributed by atoms with van der Waals surface area (Å²) in [5, 5.41) is 0. The smallest absolute Gasteiger partial charge is 0.311 e. The molecule has 0 spiro atoms. The predicted molar refractivity (Wildman–Crippen MR) is 66.3 cm³/mol. The van der Waals surface area contributed by atoms with Crippen molar-refractivity contribution in [3.05, 3.63) is 29.8 Å². The Balaban J connectivity index is 1.96. The Bertz CT molecular complexity index is 426. The van der Waals surface area contributed by atoms with Gasteiger partial charge >= 0.3 is 5.97 Å². The summed E-state index contributed by atoms with van der Waals surface area (Å²) < 4.78 is 16.0. The van der Waals surface area contributed by atoms with E-state index in [0.717, 1.165) is 11.3 Å². The SMILES string of the molecule is COc1ccc(CO[C@]2(C)COC(=O)[C@H]2C)cc1. The molecule has 0 unspecified atom stereocenters. The number of ether oxygens (including phenoxy) is 3. The summed E-state index contributed by atoms with van der Waals surface area (Å²) in [5.74, 6) is 0.403. The Kier molecular flexibility index (Phi) is 3.57. The number of methoxy groups -OCH3 is 1. The van der Waals surface area contributed by atoms with Crippen LogP contribution in [0.1, 0.15) is 19.4 Å². The number of benzene rings is 1. The van der Waals surface area contributed by atoms with Crippen LogP contribution in [0.2, 0.25) is 0 Å². The van der Waals surface area contributed by atoms with Crippen molar-refractivity contribution in [3.63, 3.8) is 0 Å². The van der Waals surface area contributed by atoms with Crippen molar-refractivity contribution in [3.8, 4) is 5.75 Å². The van der Waals surface area contributed by atoms with Gasteiger partial charge in [-0.2, -0.15) is 0 Å². The third-order valence-electron chi connectivity index (χ3n) is 3.50. The van der Waals surface area contributed by atoms with Crippen LogP contribution in [0.4, 0.5) is 0 Å². The Labute approximate surface area is 107 Å². The van der Waals surface area contributed by atoms with Crippen LogP contribution >= 0.6 is 0 Å². The van der Waals surface area contributed by atoms with Crippen molar-refractivity contribution in [2.75, 3.05) is 13.7 Å². The molecule has 0 aliphatic carbocycles. The lowest BCUT2D eigenvalue weighted by Crippen LogP contribution is -2.36. The molecule has 0 saturated carbocycles. The second kappa shape index (κ2) is 4.98. The van der Waals surface area contributed by atoms with Crippen LogP contribution in [0.3, 0.4) is 0 Å². The first kappa shape index (κ1) is 12.9. The normalized spacial score (nSPS) is 27.1. The number of hydrogen-bond donors (Lipinski definition) is 0. The third-order valence-corrected chi connectivity index (χ3v) is 3.50. The summed E-state index contributed by atoms with van der Waals surface area (Å²) in [6.07, 6.45) is 0. The predicted octanol–water partition coefficient (Wildman–Crippen LogP) is 2.16. The van der Waals surface area contributed by atoms with Crippen LogP contribution in [0.15, 0.2) is 24.3 Å². The highest BCUT2D eigenvalue weighted by Crippen LogP contribution is 2.30. The largest absolute Gasteiger partial charge is 0.497 e. The first-order valence-corrected chi connectivity index (χ1v) is 5.99. The molecule has 0 radical (unpaired) electrons.